The molecule has 4 rings (SSSR count). The van der Waals surface area contributed by atoms with Crippen molar-refractivity contribution in [3.63, 3.8) is 0 Å². The molecular weight excluding hydrogens is 372 g/mol. The summed E-state index contributed by atoms with van der Waals surface area (Å²) >= 11 is 0. The number of carbonyl (C=O) groups is 3. The molecule has 2 aliphatic rings. The van der Waals surface area contributed by atoms with Crippen LogP contribution in [0, 0.1) is 0 Å². The number of esters is 2. The fourth-order valence-electron chi connectivity index (χ4n) is 4.27. The van der Waals surface area contributed by atoms with E-state index in [1.807, 2.05) is 60.7 Å². The minimum Gasteiger partial charge on any atom is -0.466 e. The molecule has 0 radical (unpaired) electrons. The van der Waals surface area contributed by atoms with Crippen LogP contribution in [-0.4, -0.2) is 48.1 Å². The lowest BCUT2D eigenvalue weighted by Gasteiger charge is -2.52. The number of amides is 1. The van der Waals surface area contributed by atoms with Crippen LogP contribution >= 0.6 is 0 Å². The maximum Gasteiger partial charge on any atom is 0.356 e. The predicted octanol–water partition coefficient (Wildman–Crippen LogP) is 1.99. The van der Waals surface area contributed by atoms with Gasteiger partial charge in [0.1, 0.15) is 17.2 Å². The largest absolute Gasteiger partial charge is 0.466 e. The summed E-state index contributed by atoms with van der Waals surface area (Å²) in [5.74, 6) is -1.77. The van der Waals surface area contributed by atoms with Crippen molar-refractivity contribution in [3.05, 3.63) is 83.1 Å². The van der Waals surface area contributed by atoms with Gasteiger partial charge in [0.25, 0.3) is 5.91 Å². The van der Waals surface area contributed by atoms with Crippen molar-refractivity contribution in [1.82, 2.24) is 10.0 Å². The molecule has 0 bridgehead atoms. The van der Waals surface area contributed by atoms with Gasteiger partial charge in [0.2, 0.25) is 0 Å². The number of hydrazine groups is 1. The number of benzene rings is 2. The summed E-state index contributed by atoms with van der Waals surface area (Å²) in [4.78, 5) is 38.6. The Bertz CT molecular complexity index is 977. The van der Waals surface area contributed by atoms with Gasteiger partial charge in [-0.15, -0.1) is 0 Å². The van der Waals surface area contributed by atoms with Crippen LogP contribution in [0.3, 0.4) is 0 Å². The van der Waals surface area contributed by atoms with Crippen molar-refractivity contribution in [1.29, 1.82) is 0 Å². The average Bonchev–Trinajstić information content (AvgIpc) is 3.08. The van der Waals surface area contributed by atoms with E-state index in [1.165, 1.54) is 19.2 Å². The van der Waals surface area contributed by atoms with Gasteiger partial charge >= 0.3 is 11.9 Å². The number of hydrogen-bond donors (Lipinski definition) is 0. The van der Waals surface area contributed by atoms with E-state index in [2.05, 4.69) is 0 Å². The third-order valence-electron chi connectivity index (χ3n) is 5.45. The number of methoxy groups -OCH3 is 2. The molecule has 2 aromatic rings. The van der Waals surface area contributed by atoms with E-state index in [0.29, 0.717) is 0 Å². The molecule has 148 valence electrons. The van der Waals surface area contributed by atoms with Gasteiger partial charge in [-0.25, -0.2) is 14.6 Å². The maximum absolute atomic E-state index is 13.1. The van der Waals surface area contributed by atoms with Gasteiger partial charge in [0, 0.05) is 0 Å². The Morgan fingerprint density at radius 1 is 0.862 bits per heavy atom. The SMILES string of the molecule is COC(=O)C1=C(C(=O)OC)C(c2ccccc2)(c2ccccc2)N2C(C)C(=O)N12. The normalized spacial score (nSPS) is 20.2. The van der Waals surface area contributed by atoms with E-state index >= 15 is 0 Å². The highest BCUT2D eigenvalue weighted by atomic mass is 16.5. The molecule has 0 saturated carbocycles. The summed E-state index contributed by atoms with van der Waals surface area (Å²) in [5.41, 5.74) is 0.189. The highest BCUT2D eigenvalue weighted by Crippen LogP contribution is 2.55. The first-order chi connectivity index (χ1) is 14.0. The van der Waals surface area contributed by atoms with Crippen molar-refractivity contribution in [2.24, 2.45) is 0 Å². The molecule has 1 saturated heterocycles. The van der Waals surface area contributed by atoms with E-state index in [-0.39, 0.29) is 17.2 Å². The average molecular weight is 392 g/mol. The van der Waals surface area contributed by atoms with Crippen molar-refractivity contribution < 1.29 is 23.9 Å². The van der Waals surface area contributed by atoms with Crippen LogP contribution in [0.15, 0.2) is 71.9 Å². The first-order valence-corrected chi connectivity index (χ1v) is 9.15. The molecule has 1 unspecified atom stereocenters. The zero-order valence-corrected chi connectivity index (χ0v) is 16.3. The minimum atomic E-state index is -1.22. The van der Waals surface area contributed by atoms with Crippen molar-refractivity contribution in [2.45, 2.75) is 18.5 Å². The van der Waals surface area contributed by atoms with Gasteiger partial charge in [0.05, 0.1) is 14.2 Å². The number of fused-ring (bicyclic) bond motifs is 1. The summed E-state index contributed by atoms with van der Waals surface area (Å²) in [5, 5.41) is 2.99. The van der Waals surface area contributed by atoms with Crippen molar-refractivity contribution >= 4 is 17.8 Å². The van der Waals surface area contributed by atoms with E-state index in [4.69, 9.17) is 9.47 Å². The molecule has 2 aromatic carbocycles. The molecule has 29 heavy (non-hydrogen) atoms. The van der Waals surface area contributed by atoms with Crippen LogP contribution in [0.1, 0.15) is 18.1 Å². The number of nitrogens with zero attached hydrogens (tertiary/aromatic N) is 2. The van der Waals surface area contributed by atoms with Crippen LogP contribution in [0.4, 0.5) is 0 Å². The second-order valence-electron chi connectivity index (χ2n) is 6.82. The molecule has 2 heterocycles. The zero-order chi connectivity index (χ0) is 20.8. The first kappa shape index (κ1) is 18.9. The topological polar surface area (TPSA) is 76.2 Å². The molecule has 7 nitrogen and oxygen atoms in total. The molecule has 0 aromatic heterocycles. The van der Waals surface area contributed by atoms with Gasteiger partial charge in [-0.3, -0.25) is 4.79 Å². The van der Waals surface area contributed by atoms with Crippen LogP contribution in [0.25, 0.3) is 0 Å². The third kappa shape index (κ3) is 2.37. The number of ether oxygens (including phenoxy) is 2. The molecule has 1 fully saturated rings. The van der Waals surface area contributed by atoms with Gasteiger partial charge in [0.15, 0.2) is 5.70 Å². The Balaban J connectivity index is 2.15. The Labute approximate surface area is 168 Å². The zero-order valence-electron chi connectivity index (χ0n) is 16.3. The van der Waals surface area contributed by atoms with E-state index < -0.39 is 23.5 Å². The lowest BCUT2D eigenvalue weighted by Crippen LogP contribution is -2.70. The first-order valence-electron chi connectivity index (χ1n) is 9.15. The third-order valence-corrected chi connectivity index (χ3v) is 5.45. The fraction of sp³-hybridized carbons (Fsp3) is 0.227. The van der Waals surface area contributed by atoms with Crippen LogP contribution < -0.4 is 0 Å². The second kappa shape index (κ2) is 6.86. The molecule has 2 aliphatic heterocycles. The lowest BCUT2D eigenvalue weighted by molar-refractivity contribution is -0.195. The molecule has 1 amide bonds. The monoisotopic (exact) mass is 392 g/mol. The lowest BCUT2D eigenvalue weighted by atomic mass is 9.75. The van der Waals surface area contributed by atoms with Crippen LogP contribution in [0.2, 0.25) is 0 Å². The predicted molar refractivity (Wildman–Crippen MR) is 103 cm³/mol. The Morgan fingerprint density at radius 3 is 1.79 bits per heavy atom. The standard InChI is InChI=1S/C22H20N2O5/c1-14-19(25)23-18(21(27)29-3)17(20(26)28-2)22(24(14)23,15-10-6-4-7-11-15)16-12-8-5-9-13-16/h4-14H,1-3H3. The number of rotatable bonds is 4. The molecule has 1 atom stereocenters. The summed E-state index contributed by atoms with van der Waals surface area (Å²) < 4.78 is 10.0. The highest BCUT2D eigenvalue weighted by molar-refractivity contribution is 6.08. The summed E-state index contributed by atoms with van der Waals surface area (Å²) in [7, 11) is 2.47. The van der Waals surface area contributed by atoms with Crippen molar-refractivity contribution in [2.75, 3.05) is 14.2 Å². The second-order valence-corrected chi connectivity index (χ2v) is 6.82. The summed E-state index contributed by atoms with van der Waals surface area (Å²) in [6, 6.07) is 18.0. The molecule has 0 spiro atoms. The van der Waals surface area contributed by atoms with E-state index in [9.17, 15) is 14.4 Å². The highest BCUT2D eigenvalue weighted by Gasteiger charge is 2.67. The van der Waals surface area contributed by atoms with E-state index in [0.717, 1.165) is 11.1 Å². The molecule has 0 N–H and O–H groups in total. The summed E-state index contributed by atoms with van der Waals surface area (Å²) in [6.07, 6.45) is 0. The Morgan fingerprint density at radius 2 is 1.34 bits per heavy atom. The number of carbonyl (C=O) groups excluding carboxylic acids is 3. The maximum atomic E-state index is 13.1. The van der Waals surface area contributed by atoms with Crippen molar-refractivity contribution in [3.8, 4) is 0 Å². The van der Waals surface area contributed by atoms with Gasteiger partial charge in [-0.05, 0) is 18.1 Å². The molecular formula is C22H20N2O5. The molecule has 0 aliphatic carbocycles. The van der Waals surface area contributed by atoms with Gasteiger partial charge in [-0.2, -0.15) is 5.01 Å². The molecule has 7 heteroatoms. The Kier molecular flexibility index (Phi) is 4.47. The quantitative estimate of drug-likeness (QED) is 0.741. The Hall–Kier alpha value is -3.45. The van der Waals surface area contributed by atoms with Gasteiger partial charge in [-0.1, -0.05) is 60.7 Å². The smallest absolute Gasteiger partial charge is 0.356 e. The van der Waals surface area contributed by atoms with Crippen LogP contribution in [0.5, 0.6) is 0 Å². The minimum absolute atomic E-state index is 0.0574. The van der Waals surface area contributed by atoms with E-state index in [1.54, 1.807) is 11.9 Å². The summed E-state index contributed by atoms with van der Waals surface area (Å²) in [6.45, 7) is 1.74. The fourth-order valence-corrected chi connectivity index (χ4v) is 4.27. The number of hydrogen-bond acceptors (Lipinski definition) is 6. The van der Waals surface area contributed by atoms with Crippen LogP contribution in [-0.2, 0) is 29.4 Å². The van der Waals surface area contributed by atoms with Gasteiger partial charge < -0.3 is 9.47 Å².